The van der Waals surface area contributed by atoms with Crippen LogP contribution in [0, 0.1) is 6.92 Å². The van der Waals surface area contributed by atoms with Gasteiger partial charge in [-0.05, 0) is 48.9 Å². The number of carbonyl (C=O) groups is 1. The second-order valence-electron chi connectivity index (χ2n) is 5.00. The number of hydrogen-bond donors (Lipinski definition) is 1. The summed E-state index contributed by atoms with van der Waals surface area (Å²) in [4.78, 5) is 11.9. The summed E-state index contributed by atoms with van der Waals surface area (Å²) in [6.07, 6.45) is 1.40. The Morgan fingerprint density at radius 2 is 2.18 bits per heavy atom. The molecule has 90 valence electrons. The molecule has 1 aromatic rings. The fourth-order valence-electron chi connectivity index (χ4n) is 2.76. The van der Waals surface area contributed by atoms with E-state index in [1.807, 2.05) is 13.8 Å². The zero-order chi connectivity index (χ0) is 12.7. The summed E-state index contributed by atoms with van der Waals surface area (Å²) in [5.74, 6) is 0.500. The zero-order valence-electron chi connectivity index (χ0n) is 10.6. The SMILES string of the molecule is C=C(C)c1cc(O)c2c(c1C)C(C)CCC2=O. The lowest BCUT2D eigenvalue weighted by Gasteiger charge is -2.26. The smallest absolute Gasteiger partial charge is 0.166 e. The lowest BCUT2D eigenvalue weighted by atomic mass is 9.78. The molecule has 0 fully saturated rings. The highest BCUT2D eigenvalue weighted by Crippen LogP contribution is 2.40. The van der Waals surface area contributed by atoms with Gasteiger partial charge in [-0.1, -0.05) is 19.1 Å². The van der Waals surface area contributed by atoms with Crippen molar-refractivity contribution in [1.29, 1.82) is 0 Å². The van der Waals surface area contributed by atoms with E-state index in [2.05, 4.69) is 13.5 Å². The highest BCUT2D eigenvalue weighted by atomic mass is 16.3. The van der Waals surface area contributed by atoms with Crippen LogP contribution < -0.4 is 0 Å². The molecule has 0 spiro atoms. The van der Waals surface area contributed by atoms with E-state index in [0.717, 1.165) is 28.7 Å². The van der Waals surface area contributed by atoms with Crippen LogP contribution in [0.1, 0.15) is 59.7 Å². The van der Waals surface area contributed by atoms with Crippen LogP contribution in [0.15, 0.2) is 12.6 Å². The minimum Gasteiger partial charge on any atom is -0.507 e. The van der Waals surface area contributed by atoms with Crippen molar-refractivity contribution >= 4 is 11.4 Å². The Kier molecular flexibility index (Phi) is 2.82. The molecule has 0 amide bonds. The first-order valence-corrected chi connectivity index (χ1v) is 5.99. The number of phenolic OH excluding ortho intramolecular Hbond substituents is 1. The maximum absolute atomic E-state index is 11.9. The van der Waals surface area contributed by atoms with Gasteiger partial charge in [0.2, 0.25) is 0 Å². The van der Waals surface area contributed by atoms with Gasteiger partial charge in [0, 0.05) is 6.42 Å². The third kappa shape index (κ3) is 1.78. The van der Waals surface area contributed by atoms with Gasteiger partial charge in [-0.25, -0.2) is 0 Å². The fourth-order valence-corrected chi connectivity index (χ4v) is 2.76. The Bertz CT molecular complexity index is 512. The maximum atomic E-state index is 11.9. The number of benzene rings is 1. The van der Waals surface area contributed by atoms with E-state index >= 15 is 0 Å². The predicted octanol–water partition coefficient (Wildman–Crippen LogP) is 3.81. The summed E-state index contributed by atoms with van der Waals surface area (Å²) >= 11 is 0. The van der Waals surface area contributed by atoms with Crippen molar-refractivity contribution in [1.82, 2.24) is 0 Å². The summed E-state index contributed by atoms with van der Waals surface area (Å²) in [6, 6.07) is 1.67. The normalized spacial score (nSPS) is 19.0. The first-order valence-electron chi connectivity index (χ1n) is 5.99. The maximum Gasteiger partial charge on any atom is 0.166 e. The van der Waals surface area contributed by atoms with Crippen LogP contribution >= 0.6 is 0 Å². The molecule has 0 aromatic heterocycles. The van der Waals surface area contributed by atoms with Gasteiger partial charge in [0.25, 0.3) is 0 Å². The number of hydrogen-bond acceptors (Lipinski definition) is 2. The van der Waals surface area contributed by atoms with Gasteiger partial charge in [-0.2, -0.15) is 0 Å². The van der Waals surface area contributed by atoms with Crippen LogP contribution in [0.3, 0.4) is 0 Å². The molecule has 0 aliphatic heterocycles. The molecular weight excluding hydrogens is 212 g/mol. The Labute approximate surface area is 102 Å². The number of ketones is 1. The van der Waals surface area contributed by atoms with Gasteiger partial charge >= 0.3 is 0 Å². The van der Waals surface area contributed by atoms with Crippen LogP contribution in [-0.2, 0) is 0 Å². The van der Waals surface area contributed by atoms with Gasteiger partial charge < -0.3 is 5.11 Å². The van der Waals surface area contributed by atoms with E-state index < -0.39 is 0 Å². The van der Waals surface area contributed by atoms with Gasteiger partial charge in [0.1, 0.15) is 5.75 Å². The number of fused-ring (bicyclic) bond motifs is 1. The van der Waals surface area contributed by atoms with Crippen LogP contribution in [-0.4, -0.2) is 10.9 Å². The van der Waals surface area contributed by atoms with E-state index in [9.17, 15) is 9.90 Å². The molecule has 1 unspecified atom stereocenters. The van der Waals surface area contributed by atoms with Gasteiger partial charge in [-0.15, -0.1) is 0 Å². The van der Waals surface area contributed by atoms with E-state index in [4.69, 9.17) is 0 Å². The topological polar surface area (TPSA) is 37.3 Å². The molecule has 1 atom stereocenters. The quantitative estimate of drug-likeness (QED) is 0.796. The van der Waals surface area contributed by atoms with Gasteiger partial charge in [0.15, 0.2) is 5.78 Å². The van der Waals surface area contributed by atoms with Crippen LogP contribution in [0.4, 0.5) is 0 Å². The summed E-state index contributed by atoms with van der Waals surface area (Å²) in [5.41, 5.74) is 4.52. The molecular formula is C15H18O2. The molecule has 2 nitrogen and oxygen atoms in total. The molecule has 2 rings (SSSR count). The number of carbonyl (C=O) groups excluding carboxylic acids is 1. The zero-order valence-corrected chi connectivity index (χ0v) is 10.6. The van der Waals surface area contributed by atoms with Gasteiger partial charge in [-0.3, -0.25) is 4.79 Å². The van der Waals surface area contributed by atoms with Crippen molar-refractivity contribution in [2.75, 3.05) is 0 Å². The second kappa shape index (κ2) is 4.02. The summed E-state index contributed by atoms with van der Waals surface area (Å²) < 4.78 is 0. The molecule has 0 radical (unpaired) electrons. The molecule has 2 heteroatoms. The number of Topliss-reactive ketones (excluding diaryl/α,β-unsaturated/α-hetero) is 1. The molecule has 1 aromatic carbocycles. The molecule has 1 aliphatic rings. The number of rotatable bonds is 1. The molecule has 0 bridgehead atoms. The molecule has 1 aliphatic carbocycles. The minimum atomic E-state index is 0.0620. The Hall–Kier alpha value is -1.57. The Balaban J connectivity index is 2.78. The summed E-state index contributed by atoms with van der Waals surface area (Å²) in [6.45, 7) is 9.97. The average molecular weight is 230 g/mol. The Morgan fingerprint density at radius 1 is 1.53 bits per heavy atom. The van der Waals surface area contributed by atoms with E-state index in [1.165, 1.54) is 0 Å². The largest absolute Gasteiger partial charge is 0.507 e. The molecule has 17 heavy (non-hydrogen) atoms. The average Bonchev–Trinajstić information content (AvgIpc) is 2.26. The highest BCUT2D eigenvalue weighted by molar-refractivity contribution is 6.02. The second-order valence-corrected chi connectivity index (χ2v) is 5.00. The first-order chi connectivity index (χ1) is 7.93. The van der Waals surface area contributed by atoms with Crippen molar-refractivity contribution in [2.45, 2.75) is 39.5 Å². The minimum absolute atomic E-state index is 0.0620. The van der Waals surface area contributed by atoms with E-state index in [-0.39, 0.29) is 11.5 Å². The molecule has 1 N–H and O–H groups in total. The standard InChI is InChI=1S/C15H18O2/c1-8(2)11-7-13(17)15-12(16)6-5-9(3)14(15)10(11)4/h7,9,17H,1,5-6H2,2-4H3. The van der Waals surface area contributed by atoms with Crippen LogP contribution in [0.2, 0.25) is 0 Å². The lowest BCUT2D eigenvalue weighted by Crippen LogP contribution is -2.16. The highest BCUT2D eigenvalue weighted by Gasteiger charge is 2.28. The third-order valence-electron chi connectivity index (χ3n) is 3.65. The van der Waals surface area contributed by atoms with Crippen molar-refractivity contribution in [3.63, 3.8) is 0 Å². The fraction of sp³-hybridized carbons (Fsp3) is 0.400. The summed E-state index contributed by atoms with van der Waals surface area (Å²) in [7, 11) is 0. The van der Waals surface area contributed by atoms with Crippen LogP contribution in [0.5, 0.6) is 5.75 Å². The van der Waals surface area contributed by atoms with Crippen LogP contribution in [0.25, 0.3) is 5.57 Å². The van der Waals surface area contributed by atoms with Crippen molar-refractivity contribution in [2.24, 2.45) is 0 Å². The number of aromatic hydroxyl groups is 1. The lowest BCUT2D eigenvalue weighted by molar-refractivity contribution is 0.0965. The van der Waals surface area contributed by atoms with Crippen molar-refractivity contribution in [3.05, 3.63) is 34.9 Å². The number of phenols is 1. The molecule has 0 saturated heterocycles. The van der Waals surface area contributed by atoms with Crippen molar-refractivity contribution in [3.8, 4) is 5.75 Å². The monoisotopic (exact) mass is 230 g/mol. The predicted molar refractivity (Wildman–Crippen MR) is 69.5 cm³/mol. The summed E-state index contributed by atoms with van der Waals surface area (Å²) in [5, 5.41) is 10.0. The first kappa shape index (κ1) is 11.9. The third-order valence-corrected chi connectivity index (χ3v) is 3.65. The van der Waals surface area contributed by atoms with Gasteiger partial charge in [0.05, 0.1) is 5.56 Å². The van der Waals surface area contributed by atoms with Crippen molar-refractivity contribution < 1.29 is 9.90 Å². The van der Waals surface area contributed by atoms with E-state index in [0.29, 0.717) is 17.9 Å². The Morgan fingerprint density at radius 3 is 2.76 bits per heavy atom. The molecule has 0 heterocycles. The molecule has 0 saturated carbocycles. The number of allylic oxidation sites excluding steroid dienone is 1. The van der Waals surface area contributed by atoms with E-state index in [1.54, 1.807) is 6.07 Å².